The van der Waals surface area contributed by atoms with E-state index in [1.807, 2.05) is 31.2 Å². The van der Waals surface area contributed by atoms with Crippen LogP contribution in [0.3, 0.4) is 0 Å². The maximum absolute atomic E-state index is 11.5. The van der Waals surface area contributed by atoms with Crippen LogP contribution in [0.25, 0.3) is 0 Å². The van der Waals surface area contributed by atoms with Crippen LogP contribution in [-0.2, 0) is 11.2 Å². The molecule has 5 nitrogen and oxygen atoms in total. The number of rotatable bonds is 9. The average Bonchev–Trinajstić information content (AvgIpc) is 2.52. The summed E-state index contributed by atoms with van der Waals surface area (Å²) in [6, 6.07) is 7.24. The van der Waals surface area contributed by atoms with E-state index in [4.69, 9.17) is 4.74 Å². The highest BCUT2D eigenvalue weighted by atomic mass is 16.5. The Kier molecular flexibility index (Phi) is 8.72. The first-order chi connectivity index (χ1) is 10.7. The minimum absolute atomic E-state index is 0.172. The summed E-state index contributed by atoms with van der Waals surface area (Å²) in [7, 11) is 0. The second kappa shape index (κ2) is 10.7. The number of carbonyl (C=O) groups is 2. The SMILES string of the molecule is CCCCCc1ccc(OCC(=O)NC(=O)NCCC)cc1. The van der Waals surface area contributed by atoms with Crippen LogP contribution in [-0.4, -0.2) is 25.1 Å². The molecule has 0 bridgehead atoms. The van der Waals surface area contributed by atoms with E-state index in [1.54, 1.807) is 0 Å². The summed E-state index contributed by atoms with van der Waals surface area (Å²) >= 11 is 0. The maximum Gasteiger partial charge on any atom is 0.321 e. The van der Waals surface area contributed by atoms with E-state index in [2.05, 4.69) is 17.6 Å². The van der Waals surface area contributed by atoms with Crippen molar-refractivity contribution < 1.29 is 14.3 Å². The smallest absolute Gasteiger partial charge is 0.321 e. The van der Waals surface area contributed by atoms with Crippen LogP contribution in [0.4, 0.5) is 4.79 Å². The fraction of sp³-hybridized carbons (Fsp3) is 0.529. The lowest BCUT2D eigenvalue weighted by atomic mass is 10.1. The predicted octanol–water partition coefficient (Wildman–Crippen LogP) is 3.03. The molecule has 0 aliphatic rings. The Balaban J connectivity index is 2.29. The molecule has 0 aliphatic carbocycles. The van der Waals surface area contributed by atoms with Gasteiger partial charge in [-0.05, 0) is 37.0 Å². The van der Waals surface area contributed by atoms with Crippen LogP contribution in [0.5, 0.6) is 5.75 Å². The molecule has 0 spiro atoms. The number of nitrogens with one attached hydrogen (secondary N) is 2. The van der Waals surface area contributed by atoms with Gasteiger partial charge in [-0.2, -0.15) is 0 Å². The maximum atomic E-state index is 11.5. The summed E-state index contributed by atoms with van der Waals surface area (Å²) in [5, 5.41) is 4.78. The number of amides is 3. The Bertz CT molecular complexity index is 457. The molecule has 0 fully saturated rings. The molecule has 1 aromatic rings. The minimum atomic E-state index is -0.485. The fourth-order valence-corrected chi connectivity index (χ4v) is 1.93. The van der Waals surface area contributed by atoms with Gasteiger partial charge in [0.15, 0.2) is 6.61 Å². The monoisotopic (exact) mass is 306 g/mol. The molecular formula is C17H26N2O3. The largest absolute Gasteiger partial charge is 0.484 e. The van der Waals surface area contributed by atoms with Crippen molar-refractivity contribution in [2.45, 2.75) is 46.0 Å². The lowest BCUT2D eigenvalue weighted by Crippen LogP contribution is -2.41. The number of benzene rings is 1. The number of urea groups is 1. The second-order valence-corrected chi connectivity index (χ2v) is 5.19. The number of aryl methyl sites for hydroxylation is 1. The standard InChI is InChI=1S/C17H26N2O3/c1-3-5-6-7-14-8-10-15(11-9-14)22-13-16(20)19-17(21)18-12-4-2/h8-11H,3-7,12-13H2,1-2H3,(H2,18,19,20,21). The van der Waals surface area contributed by atoms with Crippen molar-refractivity contribution in [3.63, 3.8) is 0 Å². The van der Waals surface area contributed by atoms with Gasteiger partial charge in [-0.1, -0.05) is 38.8 Å². The van der Waals surface area contributed by atoms with E-state index in [-0.39, 0.29) is 6.61 Å². The lowest BCUT2D eigenvalue weighted by molar-refractivity contribution is -0.122. The second-order valence-electron chi connectivity index (χ2n) is 5.19. The molecule has 0 atom stereocenters. The van der Waals surface area contributed by atoms with Gasteiger partial charge in [-0.15, -0.1) is 0 Å². The van der Waals surface area contributed by atoms with Gasteiger partial charge in [-0.3, -0.25) is 10.1 Å². The predicted molar refractivity (Wildman–Crippen MR) is 87.0 cm³/mol. The molecule has 2 N–H and O–H groups in total. The van der Waals surface area contributed by atoms with E-state index in [1.165, 1.54) is 24.8 Å². The number of ether oxygens (including phenoxy) is 1. The molecule has 122 valence electrons. The molecule has 3 amide bonds. The van der Waals surface area contributed by atoms with Gasteiger partial charge in [0.2, 0.25) is 0 Å². The normalized spacial score (nSPS) is 10.1. The number of imide groups is 1. The first-order valence-electron chi connectivity index (χ1n) is 7.95. The Morgan fingerprint density at radius 1 is 1.05 bits per heavy atom. The average molecular weight is 306 g/mol. The Hall–Kier alpha value is -2.04. The third-order valence-electron chi connectivity index (χ3n) is 3.15. The quantitative estimate of drug-likeness (QED) is 0.689. The number of hydrogen-bond donors (Lipinski definition) is 2. The van der Waals surface area contributed by atoms with E-state index < -0.39 is 11.9 Å². The van der Waals surface area contributed by atoms with Gasteiger partial charge in [-0.25, -0.2) is 4.79 Å². The molecule has 0 saturated carbocycles. The molecule has 0 radical (unpaired) electrons. The molecule has 0 unspecified atom stereocenters. The first-order valence-corrected chi connectivity index (χ1v) is 7.95. The van der Waals surface area contributed by atoms with Crippen molar-refractivity contribution in [2.24, 2.45) is 0 Å². The third kappa shape index (κ3) is 7.67. The molecule has 0 saturated heterocycles. The van der Waals surface area contributed by atoms with Crippen LogP contribution in [0.15, 0.2) is 24.3 Å². The minimum Gasteiger partial charge on any atom is -0.484 e. The molecule has 0 aromatic heterocycles. The highest BCUT2D eigenvalue weighted by Gasteiger charge is 2.07. The van der Waals surface area contributed by atoms with Crippen molar-refractivity contribution in [3.8, 4) is 5.75 Å². The van der Waals surface area contributed by atoms with Gasteiger partial charge >= 0.3 is 6.03 Å². The Morgan fingerprint density at radius 3 is 2.41 bits per heavy atom. The summed E-state index contributed by atoms with van der Waals surface area (Å²) in [5.74, 6) is 0.170. The van der Waals surface area contributed by atoms with Crippen molar-refractivity contribution in [1.29, 1.82) is 0 Å². The highest BCUT2D eigenvalue weighted by molar-refractivity contribution is 5.94. The lowest BCUT2D eigenvalue weighted by Gasteiger charge is -2.08. The summed E-state index contributed by atoms with van der Waals surface area (Å²) in [5.41, 5.74) is 1.27. The van der Waals surface area contributed by atoms with Gasteiger partial charge in [0.1, 0.15) is 5.75 Å². The number of unbranched alkanes of at least 4 members (excludes halogenated alkanes) is 2. The van der Waals surface area contributed by atoms with Crippen LogP contribution in [0.1, 0.15) is 45.1 Å². The summed E-state index contributed by atoms with van der Waals surface area (Å²) in [6.45, 7) is 4.50. The highest BCUT2D eigenvalue weighted by Crippen LogP contribution is 2.14. The zero-order valence-electron chi connectivity index (χ0n) is 13.5. The molecule has 22 heavy (non-hydrogen) atoms. The third-order valence-corrected chi connectivity index (χ3v) is 3.15. The van der Waals surface area contributed by atoms with E-state index >= 15 is 0 Å². The van der Waals surface area contributed by atoms with E-state index in [9.17, 15) is 9.59 Å². The fourth-order valence-electron chi connectivity index (χ4n) is 1.93. The van der Waals surface area contributed by atoms with Gasteiger partial charge in [0.25, 0.3) is 5.91 Å². The number of hydrogen-bond acceptors (Lipinski definition) is 3. The Labute approximate surface area is 132 Å². The summed E-state index contributed by atoms with van der Waals surface area (Å²) in [4.78, 5) is 22.8. The van der Waals surface area contributed by atoms with Crippen LogP contribution in [0, 0.1) is 0 Å². The number of carbonyl (C=O) groups excluding carboxylic acids is 2. The van der Waals surface area contributed by atoms with Gasteiger partial charge in [0.05, 0.1) is 0 Å². The van der Waals surface area contributed by atoms with Crippen LogP contribution >= 0.6 is 0 Å². The van der Waals surface area contributed by atoms with Crippen LogP contribution < -0.4 is 15.4 Å². The summed E-state index contributed by atoms with van der Waals surface area (Å²) in [6.07, 6.45) is 5.52. The van der Waals surface area contributed by atoms with Gasteiger partial charge in [0, 0.05) is 6.54 Å². The molecular weight excluding hydrogens is 280 g/mol. The summed E-state index contributed by atoms with van der Waals surface area (Å²) < 4.78 is 5.36. The van der Waals surface area contributed by atoms with Crippen molar-refractivity contribution in [1.82, 2.24) is 10.6 Å². The van der Waals surface area contributed by atoms with E-state index in [0.717, 1.165) is 12.8 Å². The molecule has 5 heteroatoms. The first kappa shape index (κ1) is 18.0. The van der Waals surface area contributed by atoms with Crippen molar-refractivity contribution >= 4 is 11.9 Å². The molecule has 0 aliphatic heterocycles. The van der Waals surface area contributed by atoms with E-state index in [0.29, 0.717) is 12.3 Å². The van der Waals surface area contributed by atoms with Gasteiger partial charge < -0.3 is 10.1 Å². The molecule has 0 heterocycles. The van der Waals surface area contributed by atoms with Crippen molar-refractivity contribution in [3.05, 3.63) is 29.8 Å². The Morgan fingerprint density at radius 2 is 1.77 bits per heavy atom. The van der Waals surface area contributed by atoms with Crippen molar-refractivity contribution in [2.75, 3.05) is 13.2 Å². The van der Waals surface area contributed by atoms with Crippen LogP contribution in [0.2, 0.25) is 0 Å². The molecule has 1 rings (SSSR count). The zero-order chi connectivity index (χ0) is 16.2. The molecule has 1 aromatic carbocycles. The topological polar surface area (TPSA) is 67.4 Å². The zero-order valence-corrected chi connectivity index (χ0v) is 13.5.